The highest BCUT2D eigenvalue weighted by atomic mass is 16.5. The second-order valence-electron chi connectivity index (χ2n) is 7.69. The minimum atomic E-state index is -0.496. The van der Waals surface area contributed by atoms with Crippen molar-refractivity contribution < 1.29 is 23.8 Å². The topological polar surface area (TPSA) is 85.0 Å². The molecule has 3 heterocycles. The van der Waals surface area contributed by atoms with Gasteiger partial charge in [0.15, 0.2) is 5.69 Å². The van der Waals surface area contributed by atoms with Crippen molar-refractivity contribution in [3.05, 3.63) is 53.7 Å². The van der Waals surface area contributed by atoms with Crippen LogP contribution >= 0.6 is 0 Å². The van der Waals surface area contributed by atoms with Gasteiger partial charge in [0, 0.05) is 25.9 Å². The summed E-state index contributed by atoms with van der Waals surface area (Å²) in [5.74, 6) is 0.00672. The number of piperidine rings is 1. The average molecular weight is 386 g/mol. The van der Waals surface area contributed by atoms with Crippen molar-refractivity contribution in [3.8, 4) is 0 Å². The lowest BCUT2D eigenvalue weighted by molar-refractivity contribution is -0.184. The number of hydrogen-bond acceptors (Lipinski definition) is 7. The Morgan fingerprint density at radius 2 is 2.07 bits per heavy atom. The molecule has 2 atom stereocenters. The summed E-state index contributed by atoms with van der Waals surface area (Å²) in [5.41, 5.74) is 1.02. The lowest BCUT2D eigenvalue weighted by atomic mass is 9.81. The molecule has 0 aliphatic carbocycles. The van der Waals surface area contributed by atoms with Crippen LogP contribution in [0.15, 0.2) is 41.0 Å². The van der Waals surface area contributed by atoms with E-state index in [1.165, 1.54) is 13.4 Å². The summed E-state index contributed by atoms with van der Waals surface area (Å²) in [5, 5.41) is 10.5. The molecule has 2 aromatic rings. The monoisotopic (exact) mass is 386 g/mol. The molecule has 0 radical (unpaired) electrons. The number of carbonyl (C=O) groups is 1. The second-order valence-corrected chi connectivity index (χ2v) is 7.69. The van der Waals surface area contributed by atoms with E-state index in [2.05, 4.69) is 26.8 Å². The van der Waals surface area contributed by atoms with Crippen LogP contribution in [0.2, 0.25) is 0 Å². The van der Waals surface area contributed by atoms with Crippen LogP contribution in [0.1, 0.15) is 53.7 Å². The molecule has 2 saturated heterocycles. The number of hydrogen-bond donors (Lipinski definition) is 1. The number of carbonyl (C=O) groups excluding carboxylic acids is 1. The highest BCUT2D eigenvalue weighted by Crippen LogP contribution is 2.43. The van der Waals surface area contributed by atoms with Crippen molar-refractivity contribution >= 4 is 5.97 Å². The van der Waals surface area contributed by atoms with Crippen LogP contribution in [0, 0.1) is 0 Å². The van der Waals surface area contributed by atoms with Crippen LogP contribution in [0.3, 0.4) is 0 Å². The van der Waals surface area contributed by atoms with Crippen LogP contribution in [0.4, 0.5) is 0 Å². The molecule has 0 saturated carbocycles. The number of oxazole rings is 1. The number of rotatable bonds is 4. The summed E-state index contributed by atoms with van der Waals surface area (Å²) < 4.78 is 16.6. The van der Waals surface area contributed by atoms with E-state index in [0.717, 1.165) is 31.5 Å². The van der Waals surface area contributed by atoms with Crippen LogP contribution in [0.25, 0.3) is 0 Å². The minimum absolute atomic E-state index is 0.0640. The molecule has 2 aliphatic heterocycles. The molecule has 0 amide bonds. The van der Waals surface area contributed by atoms with E-state index in [9.17, 15) is 9.90 Å². The predicted molar refractivity (Wildman–Crippen MR) is 101 cm³/mol. The number of methoxy groups -OCH3 is 1. The van der Waals surface area contributed by atoms with Crippen LogP contribution in [0.5, 0.6) is 0 Å². The molecule has 1 aromatic heterocycles. The zero-order chi connectivity index (χ0) is 19.6. The van der Waals surface area contributed by atoms with Gasteiger partial charge in [-0.1, -0.05) is 30.3 Å². The molecule has 2 aliphatic rings. The summed E-state index contributed by atoms with van der Waals surface area (Å²) in [7, 11) is 1.32. The third kappa shape index (κ3) is 4.11. The number of ether oxygens (including phenoxy) is 2. The van der Waals surface area contributed by atoms with E-state index in [0.29, 0.717) is 25.3 Å². The normalized spacial score (nSPS) is 24.9. The number of aliphatic hydroxyl groups excluding tert-OH is 1. The van der Waals surface area contributed by atoms with E-state index in [4.69, 9.17) is 9.15 Å². The van der Waals surface area contributed by atoms with Crippen LogP contribution in [-0.2, 0) is 16.0 Å². The lowest BCUT2D eigenvalue weighted by Gasteiger charge is -2.48. The minimum Gasteiger partial charge on any atom is -0.464 e. The summed E-state index contributed by atoms with van der Waals surface area (Å²) in [6.07, 6.45) is 3.93. The number of aliphatic hydroxyl groups is 1. The molecule has 150 valence electrons. The smallest absolute Gasteiger partial charge is 0.360 e. The van der Waals surface area contributed by atoms with E-state index in [1.54, 1.807) is 0 Å². The number of benzene rings is 1. The van der Waals surface area contributed by atoms with Gasteiger partial charge >= 0.3 is 5.97 Å². The van der Waals surface area contributed by atoms with Crippen molar-refractivity contribution in [2.45, 2.75) is 50.0 Å². The van der Waals surface area contributed by atoms with Crippen molar-refractivity contribution in [2.24, 2.45) is 0 Å². The Morgan fingerprint density at radius 3 is 2.79 bits per heavy atom. The van der Waals surface area contributed by atoms with Gasteiger partial charge in [-0.15, -0.1) is 0 Å². The second kappa shape index (κ2) is 8.03. The summed E-state index contributed by atoms with van der Waals surface area (Å²) in [4.78, 5) is 17.9. The van der Waals surface area contributed by atoms with E-state index in [-0.39, 0.29) is 23.5 Å². The van der Waals surface area contributed by atoms with E-state index < -0.39 is 5.97 Å². The number of aromatic nitrogens is 1. The Bertz CT molecular complexity index is 798. The maximum absolute atomic E-state index is 11.5. The molecule has 28 heavy (non-hydrogen) atoms. The van der Waals surface area contributed by atoms with Gasteiger partial charge in [-0.2, -0.15) is 0 Å². The Morgan fingerprint density at radius 1 is 1.32 bits per heavy atom. The Balaban J connectivity index is 1.37. The van der Waals surface area contributed by atoms with Crippen molar-refractivity contribution in [1.82, 2.24) is 9.88 Å². The van der Waals surface area contributed by atoms with E-state index >= 15 is 0 Å². The Kier molecular flexibility index (Phi) is 5.48. The molecule has 7 nitrogen and oxygen atoms in total. The first-order chi connectivity index (χ1) is 13.6. The molecule has 1 N–H and O–H groups in total. The Labute approximate surface area is 164 Å². The number of likely N-dealkylation sites (tertiary alicyclic amines) is 1. The van der Waals surface area contributed by atoms with Crippen molar-refractivity contribution in [3.63, 3.8) is 0 Å². The molecule has 1 spiro atoms. The van der Waals surface area contributed by atoms with Gasteiger partial charge in [0.1, 0.15) is 6.26 Å². The van der Waals surface area contributed by atoms with Crippen molar-refractivity contribution in [2.75, 3.05) is 20.2 Å². The van der Waals surface area contributed by atoms with Crippen molar-refractivity contribution in [1.29, 1.82) is 0 Å². The first-order valence-electron chi connectivity index (χ1n) is 9.73. The van der Waals surface area contributed by atoms with Gasteiger partial charge in [0.2, 0.25) is 5.89 Å². The van der Waals surface area contributed by atoms with Crippen LogP contribution in [-0.4, -0.2) is 52.9 Å². The Hall–Kier alpha value is -2.22. The zero-order valence-corrected chi connectivity index (χ0v) is 16.0. The van der Waals surface area contributed by atoms with Gasteiger partial charge in [-0.25, -0.2) is 9.78 Å². The standard InChI is InChI=1S/C21H26N2O5/c1-26-20(25)17-14-27-19(22-17)13-23-9-7-21(8-10-23)12-16(24)11-18(28-21)15-5-3-2-4-6-15/h2-6,14,16,18,24H,7-13H2,1H3/t16-,18+/m0/s1. The molecule has 1 aromatic carbocycles. The van der Waals surface area contributed by atoms with Gasteiger partial charge < -0.3 is 19.0 Å². The first-order valence-corrected chi connectivity index (χ1v) is 9.73. The van der Waals surface area contributed by atoms with Gasteiger partial charge in [0.25, 0.3) is 0 Å². The molecule has 4 rings (SSSR count). The van der Waals surface area contributed by atoms with E-state index in [1.807, 2.05) is 18.2 Å². The fraction of sp³-hybridized carbons (Fsp3) is 0.524. The van der Waals surface area contributed by atoms with Gasteiger partial charge in [-0.05, 0) is 18.4 Å². The highest BCUT2D eigenvalue weighted by molar-refractivity contribution is 5.86. The quantitative estimate of drug-likeness (QED) is 0.809. The lowest BCUT2D eigenvalue weighted by Crippen LogP contribution is -2.50. The maximum atomic E-state index is 11.5. The van der Waals surface area contributed by atoms with Gasteiger partial charge in [0.05, 0.1) is 31.5 Å². The predicted octanol–water partition coefficient (Wildman–Crippen LogP) is 2.71. The fourth-order valence-electron chi connectivity index (χ4n) is 4.24. The zero-order valence-electron chi connectivity index (χ0n) is 16.0. The summed E-state index contributed by atoms with van der Waals surface area (Å²) in [6.45, 7) is 2.19. The molecule has 7 heteroatoms. The molecular formula is C21H26N2O5. The van der Waals surface area contributed by atoms with Gasteiger partial charge in [-0.3, -0.25) is 4.90 Å². The SMILES string of the molecule is COC(=O)c1coc(CN2CCC3(CC2)C[C@@H](O)C[C@H](c2ccccc2)O3)n1. The molecule has 0 unspecified atom stereocenters. The largest absolute Gasteiger partial charge is 0.464 e. The third-order valence-electron chi connectivity index (χ3n) is 5.73. The number of esters is 1. The molecule has 0 bridgehead atoms. The average Bonchev–Trinajstić information content (AvgIpc) is 3.18. The summed E-state index contributed by atoms with van der Waals surface area (Å²) in [6, 6.07) is 10.1. The first kappa shape index (κ1) is 19.1. The molecular weight excluding hydrogens is 360 g/mol. The van der Waals surface area contributed by atoms with Crippen LogP contribution < -0.4 is 0 Å². The third-order valence-corrected chi connectivity index (χ3v) is 5.73. The maximum Gasteiger partial charge on any atom is 0.360 e. The molecule has 2 fully saturated rings. The highest BCUT2D eigenvalue weighted by Gasteiger charge is 2.43. The number of nitrogens with zero attached hydrogens (tertiary/aromatic N) is 2. The fourth-order valence-corrected chi connectivity index (χ4v) is 4.24. The summed E-state index contributed by atoms with van der Waals surface area (Å²) >= 11 is 0.